The highest BCUT2D eigenvalue weighted by atomic mass is 32.2. The third-order valence-corrected chi connectivity index (χ3v) is 7.74. The molecule has 182 valence electrons. The summed E-state index contributed by atoms with van der Waals surface area (Å²) in [5.74, 6) is -1.52. The zero-order valence-electron chi connectivity index (χ0n) is 19.1. The molecule has 0 saturated carbocycles. The van der Waals surface area contributed by atoms with E-state index >= 15 is 0 Å². The van der Waals surface area contributed by atoms with Crippen LogP contribution in [0.25, 0.3) is 0 Å². The highest BCUT2D eigenvalue weighted by Gasteiger charge is 2.39. The second-order valence-electron chi connectivity index (χ2n) is 8.12. The van der Waals surface area contributed by atoms with E-state index in [0.717, 1.165) is 0 Å². The maximum Gasteiger partial charge on any atom is 0.289 e. The number of carbonyl (C=O) groups is 3. The zero-order chi connectivity index (χ0) is 25.0. The van der Waals surface area contributed by atoms with E-state index in [1.54, 1.807) is 61.5 Å². The van der Waals surface area contributed by atoms with E-state index < -0.39 is 27.0 Å². The molecule has 0 aliphatic carbocycles. The van der Waals surface area contributed by atoms with Crippen LogP contribution in [0.4, 0.5) is 0 Å². The Morgan fingerprint density at radius 1 is 0.857 bits per heavy atom. The number of carbonyl (C=O) groups excluding carboxylic acids is 3. The molecule has 3 aromatic rings. The Balaban J connectivity index is 1.56. The van der Waals surface area contributed by atoms with Crippen LogP contribution < -0.4 is 5.32 Å². The molecule has 0 unspecified atom stereocenters. The first-order chi connectivity index (χ1) is 16.8. The molecule has 10 heteroatoms. The Kier molecular flexibility index (Phi) is 7.02. The summed E-state index contributed by atoms with van der Waals surface area (Å²) >= 11 is 0. The van der Waals surface area contributed by atoms with Gasteiger partial charge in [-0.25, -0.2) is 8.42 Å². The SMILES string of the molecule is Cc1ccccc1C(=O)N[C@@H](C(=O)N1CCN(C(=O)c2ccco2)CC1)S(=O)(=O)c1ccccc1. The molecule has 2 aromatic carbocycles. The van der Waals surface area contributed by atoms with Crippen molar-refractivity contribution in [2.75, 3.05) is 26.2 Å². The normalized spacial score (nSPS) is 14.9. The Morgan fingerprint density at radius 2 is 1.49 bits per heavy atom. The summed E-state index contributed by atoms with van der Waals surface area (Å²) in [6.45, 7) is 2.37. The fourth-order valence-corrected chi connectivity index (χ4v) is 5.38. The summed E-state index contributed by atoms with van der Waals surface area (Å²) in [6, 6.07) is 17.4. The second-order valence-corrected chi connectivity index (χ2v) is 10.2. The van der Waals surface area contributed by atoms with Crippen molar-refractivity contribution < 1.29 is 27.2 Å². The van der Waals surface area contributed by atoms with E-state index in [9.17, 15) is 22.8 Å². The Bertz CT molecular complexity index is 1310. The van der Waals surface area contributed by atoms with Gasteiger partial charge in [0.2, 0.25) is 15.2 Å². The molecule has 4 rings (SSSR count). The molecule has 1 aliphatic rings. The van der Waals surface area contributed by atoms with Crippen LogP contribution in [-0.4, -0.2) is 67.5 Å². The number of hydrogen-bond donors (Lipinski definition) is 1. The fourth-order valence-electron chi connectivity index (χ4n) is 3.89. The monoisotopic (exact) mass is 495 g/mol. The lowest BCUT2D eigenvalue weighted by molar-refractivity contribution is -0.132. The van der Waals surface area contributed by atoms with Crippen molar-refractivity contribution in [1.29, 1.82) is 0 Å². The van der Waals surface area contributed by atoms with Crippen LogP contribution in [0.15, 0.2) is 82.3 Å². The van der Waals surface area contributed by atoms with Gasteiger partial charge in [0.05, 0.1) is 11.2 Å². The van der Waals surface area contributed by atoms with Gasteiger partial charge in [-0.2, -0.15) is 0 Å². The maximum absolute atomic E-state index is 13.5. The summed E-state index contributed by atoms with van der Waals surface area (Å²) in [5.41, 5.74) is 0.931. The third kappa shape index (κ3) is 5.12. The van der Waals surface area contributed by atoms with Crippen molar-refractivity contribution in [3.8, 4) is 0 Å². The number of amides is 3. The molecule has 1 N–H and O–H groups in total. The zero-order valence-corrected chi connectivity index (χ0v) is 19.9. The third-order valence-electron chi connectivity index (χ3n) is 5.87. The molecule has 9 nitrogen and oxygen atoms in total. The van der Waals surface area contributed by atoms with Crippen molar-refractivity contribution in [2.24, 2.45) is 0 Å². The van der Waals surface area contributed by atoms with Gasteiger partial charge in [0.15, 0.2) is 5.76 Å². The lowest BCUT2D eigenvalue weighted by atomic mass is 10.1. The number of aryl methyl sites for hydroxylation is 1. The molecular formula is C25H25N3O6S. The molecule has 1 aromatic heterocycles. The number of furan rings is 1. The van der Waals surface area contributed by atoms with Crippen molar-refractivity contribution in [1.82, 2.24) is 15.1 Å². The topological polar surface area (TPSA) is 117 Å². The molecular weight excluding hydrogens is 470 g/mol. The summed E-state index contributed by atoms with van der Waals surface area (Å²) in [5, 5.41) is 0.637. The smallest absolute Gasteiger partial charge is 0.289 e. The van der Waals surface area contributed by atoms with Gasteiger partial charge in [-0.1, -0.05) is 36.4 Å². The van der Waals surface area contributed by atoms with E-state index in [-0.39, 0.29) is 48.3 Å². The summed E-state index contributed by atoms with van der Waals surface area (Å²) in [6.07, 6.45) is 1.41. The summed E-state index contributed by atoms with van der Waals surface area (Å²) in [7, 11) is -4.25. The maximum atomic E-state index is 13.5. The predicted molar refractivity (Wildman–Crippen MR) is 127 cm³/mol. The Morgan fingerprint density at radius 3 is 2.11 bits per heavy atom. The minimum atomic E-state index is -4.25. The van der Waals surface area contributed by atoms with Crippen molar-refractivity contribution in [2.45, 2.75) is 17.2 Å². The van der Waals surface area contributed by atoms with E-state index in [0.29, 0.717) is 5.56 Å². The number of hydrogen-bond acceptors (Lipinski definition) is 6. The molecule has 2 heterocycles. The molecule has 0 bridgehead atoms. The number of rotatable bonds is 6. The van der Waals surface area contributed by atoms with E-state index in [1.165, 1.54) is 28.2 Å². The highest BCUT2D eigenvalue weighted by molar-refractivity contribution is 7.92. The van der Waals surface area contributed by atoms with Crippen molar-refractivity contribution in [3.05, 3.63) is 89.9 Å². The Labute approximate surface area is 203 Å². The quantitative estimate of drug-likeness (QED) is 0.560. The molecule has 1 fully saturated rings. The highest BCUT2D eigenvalue weighted by Crippen LogP contribution is 2.19. The number of sulfone groups is 1. The summed E-state index contributed by atoms with van der Waals surface area (Å²) in [4.78, 5) is 41.8. The molecule has 1 atom stereocenters. The minimum Gasteiger partial charge on any atom is -0.459 e. The van der Waals surface area contributed by atoms with Gasteiger partial charge in [-0.05, 0) is 42.8 Å². The average molecular weight is 496 g/mol. The molecule has 3 amide bonds. The number of nitrogens with zero attached hydrogens (tertiary/aromatic N) is 2. The van der Waals surface area contributed by atoms with Crippen LogP contribution in [0.5, 0.6) is 0 Å². The van der Waals surface area contributed by atoms with Crippen molar-refractivity contribution >= 4 is 27.6 Å². The first-order valence-corrected chi connectivity index (χ1v) is 12.6. The van der Waals surface area contributed by atoms with Crippen LogP contribution >= 0.6 is 0 Å². The molecule has 1 aliphatic heterocycles. The minimum absolute atomic E-state index is 0.0740. The first-order valence-electron chi connectivity index (χ1n) is 11.1. The van der Waals surface area contributed by atoms with Crippen LogP contribution in [0.2, 0.25) is 0 Å². The van der Waals surface area contributed by atoms with Crippen LogP contribution in [0.1, 0.15) is 26.5 Å². The van der Waals surface area contributed by atoms with Gasteiger partial charge < -0.3 is 19.5 Å². The lowest BCUT2D eigenvalue weighted by Gasteiger charge is -2.36. The van der Waals surface area contributed by atoms with Crippen LogP contribution in [-0.2, 0) is 14.6 Å². The van der Waals surface area contributed by atoms with Gasteiger partial charge in [0.1, 0.15) is 0 Å². The molecule has 1 saturated heterocycles. The fraction of sp³-hybridized carbons (Fsp3) is 0.240. The largest absolute Gasteiger partial charge is 0.459 e. The van der Waals surface area contributed by atoms with Crippen LogP contribution in [0.3, 0.4) is 0 Å². The first kappa shape index (κ1) is 24.2. The van der Waals surface area contributed by atoms with Gasteiger partial charge in [-0.3, -0.25) is 14.4 Å². The second kappa shape index (κ2) is 10.1. The van der Waals surface area contributed by atoms with Crippen LogP contribution in [0, 0.1) is 6.92 Å². The van der Waals surface area contributed by atoms with E-state index in [1.807, 2.05) is 0 Å². The molecule has 35 heavy (non-hydrogen) atoms. The molecule has 0 radical (unpaired) electrons. The number of benzene rings is 2. The van der Waals surface area contributed by atoms with Gasteiger partial charge >= 0.3 is 0 Å². The van der Waals surface area contributed by atoms with Crippen molar-refractivity contribution in [3.63, 3.8) is 0 Å². The van der Waals surface area contributed by atoms with Gasteiger partial charge in [0.25, 0.3) is 17.7 Å². The molecule has 0 spiro atoms. The average Bonchev–Trinajstić information content (AvgIpc) is 3.42. The lowest BCUT2D eigenvalue weighted by Crippen LogP contribution is -2.57. The standard InChI is InChI=1S/C25H25N3O6S/c1-18-8-5-6-11-20(18)22(29)26-23(35(32,33)19-9-3-2-4-10-19)25(31)28-15-13-27(14-16-28)24(30)21-12-7-17-34-21/h2-12,17,23H,13-16H2,1H3,(H,26,29)/t23-/m1/s1. The Hall–Kier alpha value is -3.92. The summed E-state index contributed by atoms with van der Waals surface area (Å²) < 4.78 is 32.1. The van der Waals surface area contributed by atoms with Gasteiger partial charge in [-0.15, -0.1) is 0 Å². The number of piperazine rings is 1. The van der Waals surface area contributed by atoms with Gasteiger partial charge in [0, 0.05) is 31.7 Å². The van der Waals surface area contributed by atoms with E-state index in [2.05, 4.69) is 5.32 Å². The number of nitrogens with one attached hydrogen (secondary N) is 1. The van der Waals surface area contributed by atoms with E-state index in [4.69, 9.17) is 4.42 Å². The predicted octanol–water partition coefficient (Wildman–Crippen LogP) is 2.10.